The van der Waals surface area contributed by atoms with Gasteiger partial charge < -0.3 is 9.55 Å². The number of alkyl halides is 3. The maximum Gasteiger partial charge on any atom is 0.394 e. The molecule has 58 heavy (non-hydrogen) atoms. The van der Waals surface area contributed by atoms with E-state index in [0.717, 1.165) is 86.2 Å². The maximum atomic E-state index is 13.3. The van der Waals surface area contributed by atoms with E-state index < -0.39 is 29.8 Å². The van der Waals surface area contributed by atoms with Gasteiger partial charge in [-0.05, 0) is 69.2 Å². The standard InChI is InChI=1S/C29H27N2.C22H19F3N.Ir/c1-19(2)23-15-10-16-24(20(3)4)28(23)31-26-18-17-21-11-8-9-14-25(21)27(26)30-29(31)22-12-6-5-7-13-22;1-21(2,22(23,24)25)15-16-8-10-17(11-9-16)19-12-13-26-20(14-19)18-6-4-3-5-7-18;/h5-12,14-20H,1-4H3;3-6,8-14H,15H2,1-2H3;/q2*-1;/i19D,20D;15D2;. The number of benzene rings is 6. The molecule has 297 valence electrons. The Morgan fingerprint density at radius 3 is 1.93 bits per heavy atom. The molecule has 0 saturated carbocycles. The topological polar surface area (TPSA) is 30.7 Å². The minimum Gasteiger partial charge on any atom is -0.333 e. The van der Waals surface area contributed by atoms with Gasteiger partial charge in [-0.3, -0.25) is 4.98 Å². The summed E-state index contributed by atoms with van der Waals surface area (Å²) in [6, 6.07) is 50.0. The number of nitrogens with zero attached hydrogens (tertiary/aromatic N) is 3. The van der Waals surface area contributed by atoms with Crippen molar-refractivity contribution >= 4 is 21.8 Å². The van der Waals surface area contributed by atoms with Crippen molar-refractivity contribution in [3.8, 4) is 39.5 Å². The molecule has 0 aliphatic rings. The molecule has 0 atom stereocenters. The van der Waals surface area contributed by atoms with Crippen LogP contribution < -0.4 is 0 Å². The number of imidazole rings is 1. The van der Waals surface area contributed by atoms with Gasteiger partial charge in [-0.15, -0.1) is 71.8 Å². The molecule has 6 aromatic carbocycles. The van der Waals surface area contributed by atoms with Crippen LogP contribution in [0.3, 0.4) is 0 Å². The quantitative estimate of drug-likeness (QED) is 0.142. The average molecular weight is 954 g/mol. The van der Waals surface area contributed by atoms with Crippen LogP contribution in [0.15, 0.2) is 146 Å². The summed E-state index contributed by atoms with van der Waals surface area (Å²) >= 11 is 0. The van der Waals surface area contributed by atoms with Gasteiger partial charge in [-0.25, -0.2) is 0 Å². The zero-order valence-corrected chi connectivity index (χ0v) is 35.6. The molecule has 0 fully saturated rings. The molecule has 2 heterocycles. The normalized spacial score (nSPS) is 13.4. The number of hydrogen-bond acceptors (Lipinski definition) is 2. The van der Waals surface area contributed by atoms with Crippen LogP contribution >= 0.6 is 0 Å². The third-order valence-electron chi connectivity index (χ3n) is 9.97. The van der Waals surface area contributed by atoms with Crippen LogP contribution in [0.4, 0.5) is 13.2 Å². The van der Waals surface area contributed by atoms with Crippen molar-refractivity contribution in [1.29, 1.82) is 0 Å². The zero-order chi connectivity index (χ0) is 44.0. The van der Waals surface area contributed by atoms with E-state index in [9.17, 15) is 13.2 Å². The van der Waals surface area contributed by atoms with Gasteiger partial charge in [0.1, 0.15) is 0 Å². The van der Waals surface area contributed by atoms with E-state index >= 15 is 0 Å². The van der Waals surface area contributed by atoms with Gasteiger partial charge in [0.05, 0.1) is 22.3 Å². The van der Waals surface area contributed by atoms with Crippen molar-refractivity contribution in [3.05, 3.63) is 175 Å². The zero-order valence-electron chi connectivity index (χ0n) is 37.2. The number of aromatic nitrogens is 3. The summed E-state index contributed by atoms with van der Waals surface area (Å²) in [4.78, 5) is 9.48. The minimum atomic E-state index is -4.67. The predicted octanol–water partition coefficient (Wildman–Crippen LogP) is 14.2. The number of rotatable bonds is 8. The largest absolute Gasteiger partial charge is 0.394 e. The molecule has 0 saturated heterocycles. The third-order valence-corrected chi connectivity index (χ3v) is 9.97. The first-order valence-corrected chi connectivity index (χ1v) is 18.8. The van der Waals surface area contributed by atoms with Crippen molar-refractivity contribution < 1.29 is 38.8 Å². The molecule has 0 aliphatic heterocycles. The molecule has 7 heteroatoms. The van der Waals surface area contributed by atoms with Gasteiger partial charge in [0.25, 0.3) is 0 Å². The average Bonchev–Trinajstić information content (AvgIpc) is 3.63. The summed E-state index contributed by atoms with van der Waals surface area (Å²) in [7, 11) is 0. The van der Waals surface area contributed by atoms with Gasteiger partial charge in [0.2, 0.25) is 0 Å². The van der Waals surface area contributed by atoms with Gasteiger partial charge in [0, 0.05) is 42.9 Å². The van der Waals surface area contributed by atoms with Crippen molar-refractivity contribution in [3.63, 3.8) is 0 Å². The molecule has 0 unspecified atom stereocenters. The monoisotopic (exact) mass is 954 g/mol. The van der Waals surface area contributed by atoms with Crippen LogP contribution in [0.5, 0.6) is 0 Å². The smallest absolute Gasteiger partial charge is 0.333 e. The molecule has 8 aromatic rings. The molecular formula is C51H46F3IrN3-2. The second kappa shape index (κ2) is 17.6. The predicted molar refractivity (Wildman–Crippen MR) is 229 cm³/mol. The van der Waals surface area contributed by atoms with Crippen molar-refractivity contribution in [2.45, 2.75) is 65.9 Å². The van der Waals surface area contributed by atoms with E-state index in [2.05, 4.69) is 45.9 Å². The molecule has 8 rings (SSSR count). The van der Waals surface area contributed by atoms with Crippen LogP contribution in [0.25, 0.3) is 61.3 Å². The van der Waals surface area contributed by atoms with Crippen LogP contribution in [-0.2, 0) is 26.5 Å². The second-order valence-electron chi connectivity index (χ2n) is 14.9. The fourth-order valence-corrected chi connectivity index (χ4v) is 6.83. The van der Waals surface area contributed by atoms with E-state index in [1.54, 1.807) is 30.5 Å². The molecule has 0 spiro atoms. The van der Waals surface area contributed by atoms with Crippen molar-refractivity contribution in [2.75, 3.05) is 0 Å². The first-order chi connectivity index (χ1) is 28.7. The number of fused-ring (bicyclic) bond motifs is 3. The third kappa shape index (κ3) is 8.87. The Labute approximate surface area is 359 Å². The maximum absolute atomic E-state index is 13.3. The van der Waals surface area contributed by atoms with Crippen molar-refractivity contribution in [1.82, 2.24) is 14.5 Å². The van der Waals surface area contributed by atoms with Gasteiger partial charge in [-0.1, -0.05) is 120 Å². The molecule has 0 amide bonds. The minimum absolute atomic E-state index is 0. The SMILES string of the molecule is [2H]C(C)(C)c1cccc(C([2H])(C)C)c1-n1c(-c2[c-]cccc2)nc2c3ccccc3ccc21.[2H]C([2H])(c1ccc(-c2ccnc(-c3[c-]cccc3)c2)cc1)C(C)(C)C(F)(F)F.[Ir]. The Morgan fingerprint density at radius 1 is 0.707 bits per heavy atom. The first-order valence-electron chi connectivity index (χ1n) is 20.8. The number of pyridine rings is 1. The summed E-state index contributed by atoms with van der Waals surface area (Å²) in [5.74, 6) is -0.951. The van der Waals surface area contributed by atoms with Gasteiger partial charge >= 0.3 is 6.18 Å². The van der Waals surface area contributed by atoms with Crippen LogP contribution in [0.1, 0.15) is 75.5 Å². The molecular weight excluding hydrogens is 904 g/mol. The number of para-hydroxylation sites is 1. The Hall–Kier alpha value is -5.36. The number of hydrogen-bond donors (Lipinski definition) is 0. The Balaban J connectivity index is 0.000000207. The summed E-state index contributed by atoms with van der Waals surface area (Å²) in [6.07, 6.45) is -5.57. The molecule has 1 radical (unpaired) electrons. The Morgan fingerprint density at radius 2 is 1.33 bits per heavy atom. The van der Waals surface area contributed by atoms with Crippen molar-refractivity contribution in [2.24, 2.45) is 5.41 Å². The molecule has 2 aromatic heterocycles. The summed E-state index contributed by atoms with van der Waals surface area (Å²) in [6.45, 7) is 9.36. The first kappa shape index (κ1) is 36.9. The number of halogens is 3. The Bertz CT molecular complexity index is 2780. The van der Waals surface area contributed by atoms with E-state index in [0.29, 0.717) is 0 Å². The fraction of sp³-hybridized carbons (Fsp3) is 0.216. The molecule has 3 nitrogen and oxygen atoms in total. The van der Waals surface area contributed by atoms with E-state index in [1.165, 1.54) is 12.1 Å². The molecule has 0 aliphatic carbocycles. The summed E-state index contributed by atoms with van der Waals surface area (Å²) < 4.78 is 76.1. The Kier molecular flexibility index (Phi) is 11.2. The second-order valence-corrected chi connectivity index (χ2v) is 14.9. The van der Waals surface area contributed by atoms with Gasteiger partial charge in [0.15, 0.2) is 0 Å². The molecule has 0 N–H and O–H groups in total. The van der Waals surface area contributed by atoms with Crippen LogP contribution in [0, 0.1) is 17.5 Å². The van der Waals surface area contributed by atoms with E-state index in [1.807, 2.05) is 107 Å². The van der Waals surface area contributed by atoms with Crippen LogP contribution in [0.2, 0.25) is 0 Å². The van der Waals surface area contributed by atoms with E-state index in [4.69, 9.17) is 10.5 Å². The molecule has 0 bridgehead atoms. The van der Waals surface area contributed by atoms with Gasteiger partial charge in [-0.2, -0.15) is 13.2 Å². The fourth-order valence-electron chi connectivity index (χ4n) is 6.83. The van der Waals surface area contributed by atoms with E-state index in [-0.39, 0.29) is 25.7 Å². The summed E-state index contributed by atoms with van der Waals surface area (Å²) in [5.41, 5.74) is 5.99. The van der Waals surface area contributed by atoms with Crippen LogP contribution in [-0.4, -0.2) is 20.7 Å². The summed E-state index contributed by atoms with van der Waals surface area (Å²) in [5, 5.41) is 2.22.